The van der Waals surface area contributed by atoms with Crippen LogP contribution in [0.1, 0.15) is 18.1 Å². The van der Waals surface area contributed by atoms with Crippen LogP contribution in [0.5, 0.6) is 0 Å². The number of nitrogens with two attached hydrogens (primary N) is 1. The van der Waals surface area contributed by atoms with E-state index in [0.717, 1.165) is 15.6 Å². The first-order valence-corrected chi connectivity index (χ1v) is 6.59. The fourth-order valence-electron chi connectivity index (χ4n) is 1.86. The normalized spacial score (nSPS) is 14.3. The molecule has 94 valence electrons. The Morgan fingerprint density at radius 3 is 2.33 bits per heavy atom. The lowest BCUT2D eigenvalue weighted by atomic mass is 9.86. The summed E-state index contributed by atoms with van der Waals surface area (Å²) in [6.45, 7) is 1.86. The van der Waals surface area contributed by atoms with Gasteiger partial charge in [-0.25, -0.2) is 4.39 Å². The Morgan fingerprint density at radius 2 is 1.78 bits per heavy atom. The Hall–Kier alpha value is -0.900. The van der Waals surface area contributed by atoms with Crippen molar-refractivity contribution in [3.05, 3.63) is 68.9 Å². The van der Waals surface area contributed by atoms with Gasteiger partial charge in [0.05, 0.1) is 5.54 Å². The van der Waals surface area contributed by atoms with Crippen molar-refractivity contribution in [2.45, 2.75) is 12.5 Å². The maximum Gasteiger partial charge on any atom is 0.123 e. The van der Waals surface area contributed by atoms with Gasteiger partial charge in [-0.15, -0.1) is 0 Å². The standard InChI is InChI=1S/C14H12BrClFN/c1-14(18,9-2-5-11(17)6-3-9)12-7-4-10(15)8-13(12)16/h2-8H,18H2,1H3. The minimum atomic E-state index is -0.758. The summed E-state index contributed by atoms with van der Waals surface area (Å²) in [7, 11) is 0. The van der Waals surface area contributed by atoms with Gasteiger partial charge in [0.15, 0.2) is 0 Å². The van der Waals surface area contributed by atoms with E-state index in [-0.39, 0.29) is 5.82 Å². The molecule has 4 heteroatoms. The van der Waals surface area contributed by atoms with Gasteiger partial charge >= 0.3 is 0 Å². The number of benzene rings is 2. The molecule has 1 nitrogen and oxygen atoms in total. The summed E-state index contributed by atoms with van der Waals surface area (Å²) in [6, 6.07) is 11.7. The molecule has 2 rings (SSSR count). The maximum atomic E-state index is 12.9. The van der Waals surface area contributed by atoms with Crippen molar-refractivity contribution in [2.24, 2.45) is 5.73 Å². The summed E-state index contributed by atoms with van der Waals surface area (Å²) < 4.78 is 13.8. The van der Waals surface area contributed by atoms with Crippen molar-refractivity contribution in [3.63, 3.8) is 0 Å². The zero-order chi connectivity index (χ0) is 13.3. The minimum absolute atomic E-state index is 0.281. The second-order valence-electron chi connectivity index (χ2n) is 4.33. The van der Waals surface area contributed by atoms with Gasteiger partial charge in [0.1, 0.15) is 5.82 Å². The Bertz CT molecular complexity index is 567. The maximum absolute atomic E-state index is 12.9. The minimum Gasteiger partial charge on any atom is -0.318 e. The Balaban J connectivity index is 2.50. The van der Waals surface area contributed by atoms with Gasteiger partial charge in [0.25, 0.3) is 0 Å². The number of hydrogen-bond donors (Lipinski definition) is 1. The fourth-order valence-corrected chi connectivity index (χ4v) is 2.73. The molecule has 0 aliphatic carbocycles. The predicted molar refractivity (Wildman–Crippen MR) is 76.2 cm³/mol. The highest BCUT2D eigenvalue weighted by Gasteiger charge is 2.26. The van der Waals surface area contributed by atoms with Crippen molar-refractivity contribution < 1.29 is 4.39 Å². The van der Waals surface area contributed by atoms with Crippen molar-refractivity contribution in [1.82, 2.24) is 0 Å². The summed E-state index contributed by atoms with van der Waals surface area (Å²) in [5.41, 5.74) is 7.20. The third-order valence-corrected chi connectivity index (χ3v) is 3.74. The van der Waals surface area contributed by atoms with E-state index in [1.807, 2.05) is 19.1 Å². The summed E-state index contributed by atoms with van der Waals surface area (Å²) in [4.78, 5) is 0. The van der Waals surface area contributed by atoms with Crippen LogP contribution < -0.4 is 5.73 Å². The third-order valence-electron chi connectivity index (χ3n) is 2.93. The van der Waals surface area contributed by atoms with Crippen LogP contribution in [0.25, 0.3) is 0 Å². The first kappa shape index (κ1) is 13.5. The van der Waals surface area contributed by atoms with Crippen molar-refractivity contribution in [1.29, 1.82) is 0 Å². The van der Waals surface area contributed by atoms with E-state index in [9.17, 15) is 4.39 Å². The third kappa shape index (κ3) is 2.58. The molecule has 0 aliphatic heterocycles. The lowest BCUT2D eigenvalue weighted by Gasteiger charge is -2.27. The molecule has 0 aliphatic rings. The van der Waals surface area contributed by atoms with Gasteiger partial charge in [0, 0.05) is 9.50 Å². The molecule has 0 heterocycles. The second kappa shape index (κ2) is 5.00. The SMILES string of the molecule is CC(N)(c1ccc(F)cc1)c1ccc(Br)cc1Cl. The number of hydrogen-bond acceptors (Lipinski definition) is 1. The molecule has 1 atom stereocenters. The molecule has 0 saturated carbocycles. The largest absolute Gasteiger partial charge is 0.318 e. The monoisotopic (exact) mass is 327 g/mol. The van der Waals surface area contributed by atoms with Gasteiger partial charge in [-0.1, -0.05) is 45.7 Å². The highest BCUT2D eigenvalue weighted by Crippen LogP contribution is 2.33. The molecule has 18 heavy (non-hydrogen) atoms. The van der Waals surface area contributed by atoms with E-state index in [4.69, 9.17) is 17.3 Å². The Labute approximate surface area is 119 Å². The van der Waals surface area contributed by atoms with E-state index in [1.54, 1.807) is 18.2 Å². The number of rotatable bonds is 2. The zero-order valence-electron chi connectivity index (χ0n) is 9.75. The van der Waals surface area contributed by atoms with Gasteiger partial charge in [-0.2, -0.15) is 0 Å². The van der Waals surface area contributed by atoms with E-state index >= 15 is 0 Å². The molecule has 2 aromatic carbocycles. The zero-order valence-corrected chi connectivity index (χ0v) is 12.1. The lowest BCUT2D eigenvalue weighted by Crippen LogP contribution is -2.34. The van der Waals surface area contributed by atoms with Gasteiger partial charge < -0.3 is 5.73 Å². The van der Waals surface area contributed by atoms with Crippen LogP contribution in [0, 0.1) is 5.82 Å². The summed E-state index contributed by atoms with van der Waals surface area (Å²) >= 11 is 9.57. The van der Waals surface area contributed by atoms with E-state index in [0.29, 0.717) is 5.02 Å². The smallest absolute Gasteiger partial charge is 0.123 e. The van der Waals surface area contributed by atoms with Gasteiger partial charge in [-0.3, -0.25) is 0 Å². The van der Waals surface area contributed by atoms with Crippen LogP contribution >= 0.6 is 27.5 Å². The number of halogens is 3. The highest BCUT2D eigenvalue weighted by molar-refractivity contribution is 9.10. The molecule has 0 amide bonds. The van der Waals surface area contributed by atoms with Crippen LogP contribution in [-0.2, 0) is 5.54 Å². The molecular formula is C14H12BrClFN. The summed E-state index contributed by atoms with van der Waals surface area (Å²) in [5, 5.41) is 0.582. The van der Waals surface area contributed by atoms with Gasteiger partial charge in [-0.05, 0) is 42.3 Å². The Kier molecular flexibility index (Phi) is 3.76. The molecule has 0 fully saturated rings. The summed E-state index contributed by atoms with van der Waals surface area (Å²) in [6.07, 6.45) is 0. The summed E-state index contributed by atoms with van der Waals surface area (Å²) in [5.74, 6) is -0.281. The molecule has 2 aromatic rings. The molecule has 0 spiro atoms. The molecule has 0 aromatic heterocycles. The molecule has 0 bridgehead atoms. The van der Waals surface area contributed by atoms with Crippen molar-refractivity contribution >= 4 is 27.5 Å². The molecule has 0 radical (unpaired) electrons. The van der Waals surface area contributed by atoms with Crippen LogP contribution in [0.4, 0.5) is 4.39 Å². The van der Waals surface area contributed by atoms with Crippen molar-refractivity contribution in [3.8, 4) is 0 Å². The van der Waals surface area contributed by atoms with Crippen LogP contribution in [0.2, 0.25) is 5.02 Å². The predicted octanol–water partition coefficient (Wildman–Crippen LogP) is 4.46. The van der Waals surface area contributed by atoms with E-state index < -0.39 is 5.54 Å². The second-order valence-corrected chi connectivity index (χ2v) is 5.66. The average Bonchev–Trinajstić information content (AvgIpc) is 2.29. The first-order valence-electron chi connectivity index (χ1n) is 5.42. The van der Waals surface area contributed by atoms with Gasteiger partial charge in [0.2, 0.25) is 0 Å². The molecular weight excluding hydrogens is 317 g/mol. The molecule has 0 saturated heterocycles. The topological polar surface area (TPSA) is 26.0 Å². The highest BCUT2D eigenvalue weighted by atomic mass is 79.9. The molecule has 1 unspecified atom stereocenters. The Morgan fingerprint density at radius 1 is 1.17 bits per heavy atom. The quantitative estimate of drug-likeness (QED) is 0.865. The van der Waals surface area contributed by atoms with Crippen LogP contribution in [0.3, 0.4) is 0 Å². The van der Waals surface area contributed by atoms with E-state index in [2.05, 4.69) is 15.9 Å². The van der Waals surface area contributed by atoms with E-state index in [1.165, 1.54) is 12.1 Å². The fraction of sp³-hybridized carbons (Fsp3) is 0.143. The van der Waals surface area contributed by atoms with Crippen LogP contribution in [0.15, 0.2) is 46.9 Å². The van der Waals surface area contributed by atoms with Crippen LogP contribution in [-0.4, -0.2) is 0 Å². The molecule has 2 N–H and O–H groups in total. The lowest BCUT2D eigenvalue weighted by molar-refractivity contribution is 0.593. The van der Waals surface area contributed by atoms with Crippen molar-refractivity contribution in [2.75, 3.05) is 0 Å². The average molecular weight is 329 g/mol. The first-order chi connectivity index (χ1) is 8.41.